The Hall–Kier alpha value is -2.74. The maximum Gasteiger partial charge on any atom is 0.228 e. The van der Waals surface area contributed by atoms with Gasteiger partial charge in [-0.2, -0.15) is 5.10 Å². The van der Waals surface area contributed by atoms with E-state index in [1.807, 2.05) is 36.5 Å². The number of nitrogens with one attached hydrogen (secondary N) is 1. The quantitative estimate of drug-likeness (QED) is 0.751. The maximum atomic E-state index is 11.9. The number of anilines is 1. The molecule has 0 aliphatic carbocycles. The number of amides is 1. The van der Waals surface area contributed by atoms with E-state index >= 15 is 0 Å². The van der Waals surface area contributed by atoms with E-state index in [0.717, 1.165) is 16.3 Å². The number of aryl methyl sites for hydroxylation is 1. The number of nitrogens with zero attached hydrogens (tertiary/aromatic N) is 4. The molecule has 0 saturated carbocycles. The van der Waals surface area contributed by atoms with Crippen molar-refractivity contribution in [3.63, 3.8) is 0 Å². The van der Waals surface area contributed by atoms with Crippen molar-refractivity contribution in [2.24, 2.45) is 0 Å². The van der Waals surface area contributed by atoms with Crippen molar-refractivity contribution in [2.75, 3.05) is 12.4 Å². The average Bonchev–Trinajstić information content (AvgIpc) is 3.25. The molecular weight excluding hydrogens is 314 g/mol. The molecule has 0 unspecified atom stereocenters. The first kappa shape index (κ1) is 15.2. The Morgan fingerprint density at radius 2 is 2.13 bits per heavy atom. The summed E-state index contributed by atoms with van der Waals surface area (Å²) in [6.45, 7) is 0.531. The average molecular weight is 329 g/mol. The van der Waals surface area contributed by atoms with Crippen LogP contribution in [0, 0.1) is 0 Å². The molecule has 0 spiro atoms. The van der Waals surface area contributed by atoms with E-state index in [4.69, 9.17) is 4.74 Å². The summed E-state index contributed by atoms with van der Waals surface area (Å²) in [5, 5.41) is 16.1. The van der Waals surface area contributed by atoms with Crippen LogP contribution in [-0.2, 0) is 11.3 Å². The Kier molecular flexibility index (Phi) is 4.62. The van der Waals surface area contributed by atoms with E-state index in [1.54, 1.807) is 18.0 Å². The summed E-state index contributed by atoms with van der Waals surface area (Å²) in [7, 11) is 1.62. The van der Waals surface area contributed by atoms with Gasteiger partial charge in [0.05, 0.1) is 7.11 Å². The zero-order valence-electron chi connectivity index (χ0n) is 12.5. The van der Waals surface area contributed by atoms with Crippen molar-refractivity contribution in [1.82, 2.24) is 20.0 Å². The minimum Gasteiger partial charge on any atom is -0.497 e. The van der Waals surface area contributed by atoms with Crippen LogP contribution in [0.25, 0.3) is 10.6 Å². The summed E-state index contributed by atoms with van der Waals surface area (Å²) in [6.07, 6.45) is 3.84. The molecule has 0 radical (unpaired) electrons. The molecule has 7 nitrogen and oxygen atoms in total. The first-order valence-electron chi connectivity index (χ1n) is 7.00. The number of methoxy groups -OCH3 is 1. The summed E-state index contributed by atoms with van der Waals surface area (Å²) in [6, 6.07) is 9.35. The highest BCUT2D eigenvalue weighted by molar-refractivity contribution is 7.18. The third-order valence-corrected chi connectivity index (χ3v) is 4.02. The fraction of sp³-hybridized carbons (Fsp3) is 0.200. The predicted molar refractivity (Wildman–Crippen MR) is 87.4 cm³/mol. The number of carbonyl (C=O) groups is 1. The lowest BCUT2D eigenvalue weighted by Gasteiger charge is -2.01. The van der Waals surface area contributed by atoms with Crippen LogP contribution < -0.4 is 10.1 Å². The lowest BCUT2D eigenvalue weighted by atomic mass is 10.2. The van der Waals surface area contributed by atoms with Crippen LogP contribution >= 0.6 is 11.3 Å². The van der Waals surface area contributed by atoms with Gasteiger partial charge in [0.2, 0.25) is 11.0 Å². The molecule has 0 aliphatic rings. The third kappa shape index (κ3) is 3.92. The van der Waals surface area contributed by atoms with Gasteiger partial charge in [0.25, 0.3) is 0 Å². The molecule has 118 valence electrons. The summed E-state index contributed by atoms with van der Waals surface area (Å²) >= 11 is 1.33. The van der Waals surface area contributed by atoms with E-state index in [-0.39, 0.29) is 5.91 Å². The van der Waals surface area contributed by atoms with E-state index in [0.29, 0.717) is 18.1 Å². The molecule has 0 aliphatic heterocycles. The fourth-order valence-electron chi connectivity index (χ4n) is 1.95. The van der Waals surface area contributed by atoms with Gasteiger partial charge >= 0.3 is 0 Å². The molecule has 2 heterocycles. The molecule has 1 aromatic carbocycles. The minimum absolute atomic E-state index is 0.113. The van der Waals surface area contributed by atoms with Gasteiger partial charge in [-0.25, -0.2) is 0 Å². The van der Waals surface area contributed by atoms with E-state index < -0.39 is 0 Å². The van der Waals surface area contributed by atoms with Crippen LogP contribution in [0.5, 0.6) is 5.75 Å². The fourth-order valence-corrected chi connectivity index (χ4v) is 2.72. The highest BCUT2D eigenvalue weighted by Crippen LogP contribution is 2.27. The van der Waals surface area contributed by atoms with Gasteiger partial charge in [0.15, 0.2) is 0 Å². The number of ether oxygens (including phenoxy) is 1. The molecule has 0 atom stereocenters. The molecular formula is C15H15N5O2S. The van der Waals surface area contributed by atoms with E-state index in [9.17, 15) is 4.79 Å². The monoisotopic (exact) mass is 329 g/mol. The Morgan fingerprint density at radius 1 is 1.30 bits per heavy atom. The van der Waals surface area contributed by atoms with Crippen LogP contribution in [0.4, 0.5) is 5.13 Å². The van der Waals surface area contributed by atoms with Crippen LogP contribution in [0.3, 0.4) is 0 Å². The number of carbonyl (C=O) groups excluding carboxylic acids is 1. The summed E-state index contributed by atoms with van der Waals surface area (Å²) in [4.78, 5) is 11.9. The van der Waals surface area contributed by atoms with Crippen molar-refractivity contribution in [2.45, 2.75) is 13.0 Å². The minimum atomic E-state index is -0.113. The first-order valence-corrected chi connectivity index (χ1v) is 7.81. The smallest absolute Gasteiger partial charge is 0.228 e. The van der Waals surface area contributed by atoms with E-state index in [2.05, 4.69) is 20.6 Å². The third-order valence-electron chi connectivity index (χ3n) is 3.14. The Balaban J connectivity index is 1.58. The van der Waals surface area contributed by atoms with Gasteiger partial charge in [0, 0.05) is 30.9 Å². The van der Waals surface area contributed by atoms with Gasteiger partial charge in [0.1, 0.15) is 10.8 Å². The molecule has 8 heteroatoms. The zero-order chi connectivity index (χ0) is 16.1. The first-order chi connectivity index (χ1) is 11.2. The molecule has 23 heavy (non-hydrogen) atoms. The number of rotatable bonds is 6. The second-order valence-electron chi connectivity index (χ2n) is 4.71. The molecule has 1 amide bonds. The Bertz CT molecular complexity index is 768. The molecule has 3 rings (SSSR count). The molecule has 3 aromatic rings. The number of hydrogen-bond acceptors (Lipinski definition) is 6. The second kappa shape index (κ2) is 7.01. The van der Waals surface area contributed by atoms with Crippen molar-refractivity contribution < 1.29 is 9.53 Å². The summed E-state index contributed by atoms with van der Waals surface area (Å²) in [5.74, 6) is 0.670. The standard InChI is InChI=1S/C15H15N5O2S/c1-22-12-5-3-11(4-6-12)14-18-19-15(23-14)17-13(21)7-10-20-9-2-8-16-20/h2-6,8-9H,7,10H2,1H3,(H,17,19,21). The predicted octanol–water partition coefficient (Wildman–Crippen LogP) is 2.44. The lowest BCUT2D eigenvalue weighted by molar-refractivity contribution is -0.116. The highest BCUT2D eigenvalue weighted by atomic mass is 32.1. The number of hydrogen-bond donors (Lipinski definition) is 1. The van der Waals surface area contributed by atoms with Crippen molar-refractivity contribution >= 4 is 22.4 Å². The molecule has 0 saturated heterocycles. The van der Waals surface area contributed by atoms with Gasteiger partial charge in [-0.3, -0.25) is 9.48 Å². The molecule has 1 N–H and O–H groups in total. The van der Waals surface area contributed by atoms with Crippen LogP contribution in [0.1, 0.15) is 6.42 Å². The van der Waals surface area contributed by atoms with Crippen molar-refractivity contribution in [1.29, 1.82) is 0 Å². The van der Waals surface area contributed by atoms with Gasteiger partial charge in [-0.15, -0.1) is 10.2 Å². The summed E-state index contributed by atoms with van der Waals surface area (Å²) in [5.41, 5.74) is 0.931. The maximum absolute atomic E-state index is 11.9. The SMILES string of the molecule is COc1ccc(-c2nnc(NC(=O)CCn3cccn3)s2)cc1. The van der Waals surface area contributed by atoms with Gasteiger partial charge < -0.3 is 10.1 Å². The molecule has 0 fully saturated rings. The highest BCUT2D eigenvalue weighted by Gasteiger charge is 2.10. The molecule has 2 aromatic heterocycles. The van der Waals surface area contributed by atoms with Crippen LogP contribution in [0.15, 0.2) is 42.7 Å². The number of benzene rings is 1. The lowest BCUT2D eigenvalue weighted by Crippen LogP contribution is -2.14. The van der Waals surface area contributed by atoms with E-state index in [1.165, 1.54) is 11.3 Å². The largest absolute Gasteiger partial charge is 0.497 e. The van der Waals surface area contributed by atoms with Gasteiger partial charge in [-0.1, -0.05) is 11.3 Å². The van der Waals surface area contributed by atoms with Crippen molar-refractivity contribution in [3.8, 4) is 16.3 Å². The second-order valence-corrected chi connectivity index (χ2v) is 5.69. The Morgan fingerprint density at radius 3 is 2.83 bits per heavy atom. The van der Waals surface area contributed by atoms with Crippen LogP contribution in [0.2, 0.25) is 0 Å². The zero-order valence-corrected chi connectivity index (χ0v) is 13.3. The summed E-state index contributed by atoms with van der Waals surface area (Å²) < 4.78 is 6.83. The van der Waals surface area contributed by atoms with Crippen molar-refractivity contribution in [3.05, 3.63) is 42.7 Å². The number of aromatic nitrogens is 4. The molecule has 0 bridgehead atoms. The Labute approximate surface area is 136 Å². The topological polar surface area (TPSA) is 81.9 Å². The van der Waals surface area contributed by atoms with Gasteiger partial charge in [-0.05, 0) is 30.3 Å². The van der Waals surface area contributed by atoms with Crippen LogP contribution in [-0.4, -0.2) is 33.0 Å². The normalized spacial score (nSPS) is 10.5.